The van der Waals surface area contributed by atoms with E-state index in [0.717, 1.165) is 16.9 Å². The van der Waals surface area contributed by atoms with Gasteiger partial charge in [-0.3, -0.25) is 4.98 Å². The molecule has 0 radical (unpaired) electrons. The van der Waals surface area contributed by atoms with Crippen LogP contribution in [-0.2, 0) is 0 Å². The van der Waals surface area contributed by atoms with Crippen molar-refractivity contribution in [2.45, 2.75) is 19.9 Å². The molecule has 0 spiro atoms. The van der Waals surface area contributed by atoms with Gasteiger partial charge in [0, 0.05) is 41.8 Å². The number of benzene rings is 1. The Kier molecular flexibility index (Phi) is 4.56. The molecular weight excluding hydrogens is 302 g/mol. The summed E-state index contributed by atoms with van der Waals surface area (Å²) in [6, 6.07) is 12.8. The summed E-state index contributed by atoms with van der Waals surface area (Å²) in [7, 11) is 0. The van der Waals surface area contributed by atoms with E-state index in [1.54, 1.807) is 30.6 Å². The molecule has 0 aliphatic heterocycles. The predicted octanol–water partition coefficient (Wildman–Crippen LogP) is 3.81. The van der Waals surface area contributed by atoms with Crippen molar-refractivity contribution < 1.29 is 5.11 Å². The summed E-state index contributed by atoms with van der Waals surface area (Å²) in [6.45, 7) is 4.06. The van der Waals surface area contributed by atoms with Crippen molar-refractivity contribution in [3.8, 4) is 17.0 Å². The van der Waals surface area contributed by atoms with Crippen LogP contribution in [0.5, 0.6) is 5.75 Å². The second-order valence-electron chi connectivity index (χ2n) is 5.68. The van der Waals surface area contributed by atoms with E-state index in [9.17, 15) is 5.11 Å². The van der Waals surface area contributed by atoms with Gasteiger partial charge in [-0.15, -0.1) is 0 Å². The molecule has 3 aromatic rings. The molecule has 0 amide bonds. The molecule has 0 fully saturated rings. The lowest BCUT2D eigenvalue weighted by molar-refractivity contribution is 0.475. The molecule has 2 heterocycles. The standard InChI is InChI=1S/C18H19N5O/c1-12(2)20-18-22-16(13-5-4-8-19-11-13)10-17(23-18)21-14-6-3-7-15(24)9-14/h3-12,24H,1-2H3,(H2,20,21,22,23). The average Bonchev–Trinajstić information content (AvgIpc) is 2.55. The molecule has 0 saturated carbocycles. The van der Waals surface area contributed by atoms with Gasteiger partial charge in [-0.25, -0.2) is 4.98 Å². The number of aromatic nitrogens is 3. The van der Waals surface area contributed by atoms with Gasteiger partial charge < -0.3 is 15.7 Å². The van der Waals surface area contributed by atoms with Gasteiger partial charge in [0.2, 0.25) is 5.95 Å². The highest BCUT2D eigenvalue weighted by atomic mass is 16.3. The maximum absolute atomic E-state index is 9.60. The number of anilines is 3. The van der Waals surface area contributed by atoms with Crippen molar-refractivity contribution in [3.05, 3.63) is 54.9 Å². The minimum atomic E-state index is 0.196. The number of hydrogen-bond donors (Lipinski definition) is 3. The zero-order valence-electron chi connectivity index (χ0n) is 13.6. The second kappa shape index (κ2) is 6.95. The summed E-state index contributed by atoms with van der Waals surface area (Å²) >= 11 is 0. The van der Waals surface area contributed by atoms with Crippen LogP contribution < -0.4 is 10.6 Å². The third-order valence-corrected chi connectivity index (χ3v) is 3.22. The molecule has 0 atom stereocenters. The fourth-order valence-corrected chi connectivity index (χ4v) is 2.23. The lowest BCUT2D eigenvalue weighted by Gasteiger charge is -2.13. The van der Waals surface area contributed by atoms with Gasteiger partial charge in [0.15, 0.2) is 0 Å². The Hall–Kier alpha value is -3.15. The van der Waals surface area contributed by atoms with E-state index in [4.69, 9.17) is 0 Å². The van der Waals surface area contributed by atoms with E-state index in [1.807, 2.05) is 38.1 Å². The maximum atomic E-state index is 9.60. The summed E-state index contributed by atoms with van der Waals surface area (Å²) in [5.41, 5.74) is 2.43. The van der Waals surface area contributed by atoms with Gasteiger partial charge in [-0.05, 0) is 38.1 Å². The molecule has 1 aromatic carbocycles. The summed E-state index contributed by atoms with van der Waals surface area (Å²) in [6.07, 6.45) is 3.49. The average molecular weight is 321 g/mol. The Morgan fingerprint density at radius 3 is 2.62 bits per heavy atom. The first-order chi connectivity index (χ1) is 11.6. The molecule has 0 bridgehead atoms. The molecule has 122 valence electrons. The van der Waals surface area contributed by atoms with Gasteiger partial charge in [-0.2, -0.15) is 4.98 Å². The first kappa shape index (κ1) is 15.7. The van der Waals surface area contributed by atoms with Crippen molar-refractivity contribution in [1.82, 2.24) is 15.0 Å². The highest BCUT2D eigenvalue weighted by Gasteiger charge is 2.08. The van der Waals surface area contributed by atoms with Crippen LogP contribution in [0.15, 0.2) is 54.9 Å². The monoisotopic (exact) mass is 321 g/mol. The minimum Gasteiger partial charge on any atom is -0.508 e. The number of aromatic hydroxyl groups is 1. The number of phenolic OH excluding ortho intramolecular Hbond substituents is 1. The molecule has 0 aliphatic rings. The third-order valence-electron chi connectivity index (χ3n) is 3.22. The molecule has 0 saturated heterocycles. The normalized spacial score (nSPS) is 10.6. The highest BCUT2D eigenvalue weighted by Crippen LogP contribution is 2.24. The van der Waals surface area contributed by atoms with Crippen molar-refractivity contribution in [2.75, 3.05) is 10.6 Å². The van der Waals surface area contributed by atoms with Crippen molar-refractivity contribution in [2.24, 2.45) is 0 Å². The van der Waals surface area contributed by atoms with E-state index < -0.39 is 0 Å². The van der Waals surface area contributed by atoms with E-state index in [0.29, 0.717) is 11.8 Å². The van der Waals surface area contributed by atoms with E-state index >= 15 is 0 Å². The first-order valence-electron chi connectivity index (χ1n) is 7.72. The van der Waals surface area contributed by atoms with E-state index in [1.165, 1.54) is 0 Å². The lowest BCUT2D eigenvalue weighted by Crippen LogP contribution is -2.13. The largest absolute Gasteiger partial charge is 0.508 e. The molecule has 6 nitrogen and oxygen atoms in total. The van der Waals surface area contributed by atoms with Crippen LogP contribution in [0, 0.1) is 0 Å². The smallest absolute Gasteiger partial charge is 0.225 e. The number of pyridine rings is 1. The fraction of sp³-hybridized carbons (Fsp3) is 0.167. The Labute approximate surface area is 140 Å². The van der Waals surface area contributed by atoms with Crippen LogP contribution in [0.2, 0.25) is 0 Å². The van der Waals surface area contributed by atoms with E-state index in [2.05, 4.69) is 25.6 Å². The van der Waals surface area contributed by atoms with Crippen LogP contribution in [0.4, 0.5) is 17.5 Å². The number of nitrogens with one attached hydrogen (secondary N) is 2. The molecule has 6 heteroatoms. The topological polar surface area (TPSA) is 83.0 Å². The molecule has 0 aliphatic carbocycles. The first-order valence-corrected chi connectivity index (χ1v) is 7.72. The third kappa shape index (κ3) is 3.98. The van der Waals surface area contributed by atoms with Crippen LogP contribution in [-0.4, -0.2) is 26.1 Å². The van der Waals surface area contributed by atoms with E-state index in [-0.39, 0.29) is 11.8 Å². The van der Waals surface area contributed by atoms with Gasteiger partial charge in [0.25, 0.3) is 0 Å². The maximum Gasteiger partial charge on any atom is 0.225 e. The summed E-state index contributed by atoms with van der Waals surface area (Å²) in [4.78, 5) is 13.2. The molecule has 0 unspecified atom stereocenters. The Morgan fingerprint density at radius 2 is 1.92 bits per heavy atom. The Morgan fingerprint density at radius 1 is 1.04 bits per heavy atom. The highest BCUT2D eigenvalue weighted by molar-refractivity contribution is 5.67. The van der Waals surface area contributed by atoms with Gasteiger partial charge >= 0.3 is 0 Å². The van der Waals surface area contributed by atoms with Gasteiger partial charge in [-0.1, -0.05) is 6.07 Å². The van der Waals surface area contributed by atoms with Crippen LogP contribution >= 0.6 is 0 Å². The summed E-state index contributed by atoms with van der Waals surface area (Å²) in [5.74, 6) is 1.37. The predicted molar refractivity (Wildman–Crippen MR) is 95.4 cm³/mol. The zero-order chi connectivity index (χ0) is 16.9. The summed E-state index contributed by atoms with van der Waals surface area (Å²) in [5, 5.41) is 16.0. The van der Waals surface area contributed by atoms with Gasteiger partial charge in [0.05, 0.1) is 5.69 Å². The van der Waals surface area contributed by atoms with Crippen molar-refractivity contribution >= 4 is 17.5 Å². The Bertz CT molecular complexity index is 821. The molecular formula is C18H19N5O. The molecule has 24 heavy (non-hydrogen) atoms. The molecule has 2 aromatic heterocycles. The Balaban J connectivity index is 1.98. The number of rotatable bonds is 5. The minimum absolute atomic E-state index is 0.196. The number of hydrogen-bond acceptors (Lipinski definition) is 6. The molecule has 3 N–H and O–H groups in total. The van der Waals surface area contributed by atoms with Crippen molar-refractivity contribution in [3.63, 3.8) is 0 Å². The van der Waals surface area contributed by atoms with Gasteiger partial charge in [0.1, 0.15) is 11.6 Å². The summed E-state index contributed by atoms with van der Waals surface area (Å²) < 4.78 is 0. The molecule has 3 rings (SSSR count). The van der Waals surface area contributed by atoms with Crippen LogP contribution in [0.3, 0.4) is 0 Å². The number of phenols is 1. The lowest BCUT2D eigenvalue weighted by atomic mass is 10.2. The van der Waals surface area contributed by atoms with Crippen molar-refractivity contribution in [1.29, 1.82) is 0 Å². The quantitative estimate of drug-likeness (QED) is 0.663. The second-order valence-corrected chi connectivity index (χ2v) is 5.68. The zero-order valence-corrected chi connectivity index (χ0v) is 13.6. The SMILES string of the molecule is CC(C)Nc1nc(Nc2cccc(O)c2)cc(-c2cccnc2)n1. The fourth-order valence-electron chi connectivity index (χ4n) is 2.23. The van der Waals surface area contributed by atoms with Crippen LogP contribution in [0.25, 0.3) is 11.3 Å². The van der Waals surface area contributed by atoms with Crippen LogP contribution in [0.1, 0.15) is 13.8 Å². The number of nitrogens with zero attached hydrogens (tertiary/aromatic N) is 3.